The molecule has 0 aromatic rings. The lowest BCUT2D eigenvalue weighted by molar-refractivity contribution is -0.137. The summed E-state index contributed by atoms with van der Waals surface area (Å²) in [5.41, 5.74) is 0. The number of carbonyl (C=O) groups is 1. The van der Waals surface area contributed by atoms with Gasteiger partial charge in [0.2, 0.25) is 5.91 Å². The predicted octanol–water partition coefficient (Wildman–Crippen LogP) is 2.84. The molecule has 0 radical (unpaired) electrons. The zero-order valence-corrected chi connectivity index (χ0v) is 11.6. The molecule has 2 aliphatic rings. The van der Waals surface area contributed by atoms with Gasteiger partial charge in [-0.25, -0.2) is 0 Å². The van der Waals surface area contributed by atoms with E-state index in [0.29, 0.717) is 17.9 Å². The molecule has 1 heterocycles. The Kier molecular flexibility index (Phi) is 6.56. The molecule has 1 amide bonds. The molecule has 1 saturated heterocycles. The molecule has 100 valence electrons. The minimum absolute atomic E-state index is 0.296. The molecule has 3 nitrogen and oxygen atoms in total. The second kappa shape index (κ2) is 7.70. The van der Waals surface area contributed by atoms with E-state index in [1.165, 1.54) is 19.3 Å². The zero-order valence-electron chi connectivity index (χ0n) is 11.6. The largest absolute Gasteiger partial charge is 0.379 e. The van der Waals surface area contributed by atoms with Crippen molar-refractivity contribution in [3.63, 3.8) is 0 Å². The maximum absolute atomic E-state index is 12.2. The summed E-state index contributed by atoms with van der Waals surface area (Å²) in [5, 5.41) is 0. The van der Waals surface area contributed by atoms with Crippen molar-refractivity contribution >= 4 is 5.91 Å². The molecule has 0 aromatic heterocycles. The highest BCUT2D eigenvalue weighted by Crippen LogP contribution is 2.26. The lowest BCUT2D eigenvalue weighted by atomic mass is 9.88. The van der Waals surface area contributed by atoms with Crippen molar-refractivity contribution in [3.8, 4) is 0 Å². The van der Waals surface area contributed by atoms with Crippen molar-refractivity contribution in [2.45, 2.75) is 58.4 Å². The van der Waals surface area contributed by atoms with Gasteiger partial charge in [0.1, 0.15) is 0 Å². The molecule has 1 saturated carbocycles. The normalized spacial score (nSPS) is 25.0. The van der Waals surface area contributed by atoms with Gasteiger partial charge in [-0.1, -0.05) is 33.1 Å². The second-order valence-corrected chi connectivity index (χ2v) is 4.80. The lowest BCUT2D eigenvalue weighted by Crippen LogP contribution is -2.41. The third-order valence-corrected chi connectivity index (χ3v) is 3.76. The number of hydrogen-bond donors (Lipinski definition) is 0. The van der Waals surface area contributed by atoms with Crippen molar-refractivity contribution in [1.29, 1.82) is 0 Å². The number of amides is 1. The van der Waals surface area contributed by atoms with Gasteiger partial charge in [-0.3, -0.25) is 4.79 Å². The van der Waals surface area contributed by atoms with Crippen LogP contribution in [0.2, 0.25) is 0 Å². The summed E-state index contributed by atoms with van der Waals surface area (Å²) in [6.07, 6.45) is 6.96. The molecule has 3 heteroatoms. The molecule has 2 fully saturated rings. The summed E-state index contributed by atoms with van der Waals surface area (Å²) in [7, 11) is 1.94. The third-order valence-electron chi connectivity index (χ3n) is 3.76. The second-order valence-electron chi connectivity index (χ2n) is 4.80. The van der Waals surface area contributed by atoms with Crippen molar-refractivity contribution in [2.24, 2.45) is 5.92 Å². The number of rotatable bonds is 2. The Morgan fingerprint density at radius 1 is 1.12 bits per heavy atom. The predicted molar refractivity (Wildman–Crippen MR) is 69.9 cm³/mol. The zero-order chi connectivity index (χ0) is 12.7. The molecule has 1 atom stereocenters. The van der Waals surface area contributed by atoms with Crippen LogP contribution in [-0.4, -0.2) is 37.1 Å². The molecule has 0 spiro atoms. The van der Waals surface area contributed by atoms with E-state index < -0.39 is 0 Å². The van der Waals surface area contributed by atoms with E-state index in [9.17, 15) is 4.79 Å². The maximum Gasteiger partial charge on any atom is 0.225 e. The van der Waals surface area contributed by atoms with E-state index >= 15 is 0 Å². The molecule has 17 heavy (non-hydrogen) atoms. The topological polar surface area (TPSA) is 29.5 Å². The van der Waals surface area contributed by atoms with Gasteiger partial charge in [0.05, 0.1) is 12.6 Å². The number of hydrogen-bond acceptors (Lipinski definition) is 2. The molecule has 0 bridgehead atoms. The van der Waals surface area contributed by atoms with Crippen LogP contribution in [0.15, 0.2) is 0 Å². The average Bonchev–Trinajstić information content (AvgIpc) is 2.94. The van der Waals surface area contributed by atoms with Gasteiger partial charge >= 0.3 is 0 Å². The highest BCUT2D eigenvalue weighted by atomic mass is 16.5. The minimum Gasteiger partial charge on any atom is -0.379 e. The molecule has 0 aromatic carbocycles. The summed E-state index contributed by atoms with van der Waals surface area (Å²) in [5.74, 6) is 0.648. The first-order valence-electron chi connectivity index (χ1n) is 7.13. The minimum atomic E-state index is 0.296. The Morgan fingerprint density at radius 3 is 2.29 bits per heavy atom. The summed E-state index contributed by atoms with van der Waals surface area (Å²) < 4.78 is 5.32. The van der Waals surface area contributed by atoms with Gasteiger partial charge in [-0.05, 0) is 19.3 Å². The van der Waals surface area contributed by atoms with Crippen LogP contribution < -0.4 is 0 Å². The molecular weight excluding hydrogens is 214 g/mol. The third kappa shape index (κ3) is 3.98. The van der Waals surface area contributed by atoms with E-state index in [0.717, 1.165) is 32.5 Å². The fourth-order valence-electron chi connectivity index (χ4n) is 2.64. The monoisotopic (exact) mass is 241 g/mol. The SMILES string of the molecule is CC.CN(C(=O)C1CCCCC1)C1CCOC1. The fraction of sp³-hybridized carbons (Fsp3) is 0.929. The Morgan fingerprint density at radius 2 is 1.76 bits per heavy atom. The standard InChI is InChI=1S/C12H21NO2.C2H6/c1-13(11-7-8-15-9-11)12(14)10-5-3-2-4-6-10;1-2/h10-11H,2-9H2,1H3;1-2H3. The Labute approximate surface area is 106 Å². The van der Waals surface area contributed by atoms with Crippen LogP contribution in [0.3, 0.4) is 0 Å². The van der Waals surface area contributed by atoms with Crippen LogP contribution in [-0.2, 0) is 9.53 Å². The molecule has 2 rings (SSSR count). The van der Waals surface area contributed by atoms with Crippen LogP contribution in [0, 0.1) is 5.92 Å². The molecule has 1 aliphatic heterocycles. The van der Waals surface area contributed by atoms with Gasteiger partial charge in [0.15, 0.2) is 0 Å². The van der Waals surface area contributed by atoms with E-state index in [4.69, 9.17) is 4.74 Å². The fourth-order valence-corrected chi connectivity index (χ4v) is 2.64. The average molecular weight is 241 g/mol. The van der Waals surface area contributed by atoms with Crippen LogP contribution >= 0.6 is 0 Å². The van der Waals surface area contributed by atoms with Gasteiger partial charge in [0, 0.05) is 19.6 Å². The van der Waals surface area contributed by atoms with Crippen LogP contribution in [0.1, 0.15) is 52.4 Å². The van der Waals surface area contributed by atoms with E-state index in [1.54, 1.807) is 0 Å². The number of likely N-dealkylation sites (N-methyl/N-ethyl adjacent to an activating group) is 1. The quantitative estimate of drug-likeness (QED) is 0.744. The Bertz CT molecular complexity index is 218. The molecule has 1 unspecified atom stereocenters. The number of carbonyl (C=O) groups excluding carboxylic acids is 1. The number of nitrogens with zero attached hydrogens (tertiary/aromatic N) is 1. The van der Waals surface area contributed by atoms with Crippen molar-refractivity contribution in [1.82, 2.24) is 4.90 Å². The summed E-state index contributed by atoms with van der Waals surface area (Å²) >= 11 is 0. The van der Waals surface area contributed by atoms with Gasteiger partial charge < -0.3 is 9.64 Å². The first-order chi connectivity index (χ1) is 8.29. The van der Waals surface area contributed by atoms with E-state index in [2.05, 4.69) is 0 Å². The summed E-state index contributed by atoms with van der Waals surface area (Å²) in [4.78, 5) is 14.1. The van der Waals surface area contributed by atoms with Gasteiger partial charge in [-0.2, -0.15) is 0 Å². The van der Waals surface area contributed by atoms with Crippen LogP contribution in [0.5, 0.6) is 0 Å². The highest BCUT2D eigenvalue weighted by molar-refractivity contribution is 5.79. The first-order valence-corrected chi connectivity index (χ1v) is 7.13. The van der Waals surface area contributed by atoms with Crippen LogP contribution in [0.4, 0.5) is 0 Å². The summed E-state index contributed by atoms with van der Waals surface area (Å²) in [6.45, 7) is 5.54. The van der Waals surface area contributed by atoms with Gasteiger partial charge in [-0.15, -0.1) is 0 Å². The van der Waals surface area contributed by atoms with Crippen molar-refractivity contribution in [3.05, 3.63) is 0 Å². The Hall–Kier alpha value is -0.570. The number of ether oxygens (including phenoxy) is 1. The molecule has 1 aliphatic carbocycles. The smallest absolute Gasteiger partial charge is 0.225 e. The maximum atomic E-state index is 12.2. The molecule has 0 N–H and O–H groups in total. The van der Waals surface area contributed by atoms with Gasteiger partial charge in [0.25, 0.3) is 0 Å². The lowest BCUT2D eigenvalue weighted by Gasteiger charge is -2.29. The molecular formula is C14H27NO2. The summed E-state index contributed by atoms with van der Waals surface area (Å²) in [6, 6.07) is 0.333. The van der Waals surface area contributed by atoms with Crippen LogP contribution in [0.25, 0.3) is 0 Å². The highest BCUT2D eigenvalue weighted by Gasteiger charge is 2.29. The van der Waals surface area contributed by atoms with Crippen molar-refractivity contribution < 1.29 is 9.53 Å². The van der Waals surface area contributed by atoms with Crippen molar-refractivity contribution in [2.75, 3.05) is 20.3 Å². The van der Waals surface area contributed by atoms with E-state index in [-0.39, 0.29) is 0 Å². The van der Waals surface area contributed by atoms with E-state index in [1.807, 2.05) is 25.8 Å². The first kappa shape index (κ1) is 14.5. The Balaban J connectivity index is 0.000000686.